The van der Waals surface area contributed by atoms with Gasteiger partial charge in [-0.2, -0.15) is 13.2 Å². The van der Waals surface area contributed by atoms with Gasteiger partial charge in [0.05, 0.1) is 37.8 Å². The molecule has 3 saturated heterocycles. The van der Waals surface area contributed by atoms with E-state index in [0.29, 0.717) is 11.5 Å². The Morgan fingerprint density at radius 1 is 1.11 bits per heavy atom. The fourth-order valence-corrected chi connectivity index (χ4v) is 5.32. The van der Waals surface area contributed by atoms with Gasteiger partial charge >= 0.3 is 6.18 Å². The van der Waals surface area contributed by atoms with Crippen LogP contribution in [0.2, 0.25) is 0 Å². The summed E-state index contributed by atoms with van der Waals surface area (Å²) in [6.07, 6.45) is 0.0204. The molecule has 3 fully saturated rings. The number of fused-ring (bicyclic) bond motifs is 5. The van der Waals surface area contributed by atoms with Crippen LogP contribution in [0.25, 0.3) is 0 Å². The zero-order valence-corrected chi connectivity index (χ0v) is 19.1. The number of nitrogens with one attached hydrogen (secondary N) is 1. The van der Waals surface area contributed by atoms with E-state index in [1.54, 1.807) is 0 Å². The van der Waals surface area contributed by atoms with E-state index in [0.717, 1.165) is 41.1 Å². The summed E-state index contributed by atoms with van der Waals surface area (Å²) in [6.45, 7) is 8.38. The number of rotatable bonds is 4. The second-order valence-corrected chi connectivity index (χ2v) is 9.33. The van der Waals surface area contributed by atoms with E-state index in [2.05, 4.69) is 24.0 Å². The maximum absolute atomic E-state index is 13.2. The van der Waals surface area contributed by atoms with Crippen LogP contribution in [0.1, 0.15) is 34.3 Å². The predicted molar refractivity (Wildman–Crippen MR) is 121 cm³/mol. The van der Waals surface area contributed by atoms with Gasteiger partial charge in [-0.3, -0.25) is 4.79 Å². The van der Waals surface area contributed by atoms with Crippen LogP contribution in [-0.4, -0.2) is 54.8 Å². The van der Waals surface area contributed by atoms with Gasteiger partial charge in [-0.25, -0.2) is 0 Å². The molecular weight excluding hydrogens is 461 g/mol. The van der Waals surface area contributed by atoms with E-state index in [4.69, 9.17) is 14.6 Å². The summed E-state index contributed by atoms with van der Waals surface area (Å²) in [4.78, 5) is 22.0. The number of carbonyl (C=O) groups excluding carboxylic acids is 2. The van der Waals surface area contributed by atoms with Crippen molar-refractivity contribution in [3.05, 3.63) is 71.8 Å². The molecule has 186 valence electrons. The van der Waals surface area contributed by atoms with Crippen molar-refractivity contribution in [2.75, 3.05) is 26.2 Å². The van der Waals surface area contributed by atoms with Crippen LogP contribution in [-0.2, 0) is 11.2 Å². The largest absolute Gasteiger partial charge is 0.542 e. The first-order valence-corrected chi connectivity index (χ1v) is 11.5. The monoisotopic (exact) mass is 488 g/mol. The van der Waals surface area contributed by atoms with E-state index in [-0.39, 0.29) is 11.9 Å². The Labute approximate surface area is 201 Å². The second-order valence-electron chi connectivity index (χ2n) is 9.33. The van der Waals surface area contributed by atoms with E-state index in [9.17, 15) is 18.0 Å². The first kappa shape index (κ1) is 24.8. The number of benzene rings is 2. The molecule has 1 amide bonds. The van der Waals surface area contributed by atoms with Crippen LogP contribution in [0.4, 0.5) is 13.2 Å². The maximum atomic E-state index is 13.2. The molecule has 2 bridgehead atoms. The lowest BCUT2D eigenvalue weighted by Gasteiger charge is -2.52. The molecule has 0 aliphatic carbocycles. The SMILES string of the molecule is C=CC[N+]12CCC(CC1)[C@H](NC(=O)c1cccc3c1Oc1ccccc1C3)C2.O=C([O-])C(F)(F)F. The number of para-hydroxylation sites is 2. The highest BCUT2D eigenvalue weighted by molar-refractivity contribution is 5.98. The first-order chi connectivity index (χ1) is 16.6. The molecule has 0 spiro atoms. The van der Waals surface area contributed by atoms with Gasteiger partial charge < -0.3 is 24.4 Å². The number of quaternary nitrogens is 1. The van der Waals surface area contributed by atoms with Crippen LogP contribution in [0.15, 0.2) is 55.1 Å². The molecule has 2 aromatic carbocycles. The highest BCUT2D eigenvalue weighted by atomic mass is 19.4. The lowest BCUT2D eigenvalue weighted by atomic mass is 9.81. The molecule has 0 aromatic heterocycles. The third-order valence-corrected chi connectivity index (χ3v) is 7.07. The van der Waals surface area contributed by atoms with Gasteiger partial charge in [0.1, 0.15) is 17.5 Å². The molecule has 35 heavy (non-hydrogen) atoms. The van der Waals surface area contributed by atoms with Gasteiger partial charge in [0.25, 0.3) is 5.91 Å². The Morgan fingerprint density at radius 2 is 1.77 bits per heavy atom. The quantitative estimate of drug-likeness (QED) is 0.452. The molecule has 0 radical (unpaired) electrons. The summed E-state index contributed by atoms with van der Waals surface area (Å²) < 4.78 is 38.8. The average molecular weight is 489 g/mol. The fraction of sp³-hybridized carbons (Fsp3) is 0.385. The van der Waals surface area contributed by atoms with Crippen molar-refractivity contribution in [3.63, 3.8) is 0 Å². The van der Waals surface area contributed by atoms with Gasteiger partial charge in [-0.05, 0) is 29.7 Å². The molecule has 6 rings (SSSR count). The summed E-state index contributed by atoms with van der Waals surface area (Å²) in [6, 6.07) is 14.2. The molecule has 4 heterocycles. The number of carboxylic acid groups (broad SMARTS) is 1. The van der Waals surface area contributed by atoms with Gasteiger partial charge in [-0.15, -0.1) is 0 Å². The number of ether oxygens (including phenoxy) is 1. The van der Waals surface area contributed by atoms with Gasteiger partial charge in [0.15, 0.2) is 0 Å². The first-order valence-electron chi connectivity index (χ1n) is 11.5. The highest BCUT2D eigenvalue weighted by Crippen LogP contribution is 2.39. The van der Waals surface area contributed by atoms with Crippen LogP contribution < -0.4 is 15.2 Å². The van der Waals surface area contributed by atoms with Crippen molar-refractivity contribution >= 4 is 11.9 Å². The zero-order valence-electron chi connectivity index (χ0n) is 19.1. The minimum Gasteiger partial charge on any atom is -0.542 e. The van der Waals surface area contributed by atoms with E-state index >= 15 is 0 Å². The third-order valence-electron chi connectivity index (χ3n) is 7.07. The molecule has 1 atom stereocenters. The smallest absolute Gasteiger partial charge is 0.430 e. The lowest BCUT2D eigenvalue weighted by molar-refractivity contribution is -0.938. The number of carboxylic acids is 1. The molecule has 6 nitrogen and oxygen atoms in total. The molecular formula is C26H27F3N2O4. The summed E-state index contributed by atoms with van der Waals surface area (Å²) >= 11 is 0. The number of halogens is 3. The number of amides is 1. The van der Waals surface area contributed by atoms with Crippen molar-refractivity contribution in [1.82, 2.24) is 5.32 Å². The number of hydrogen-bond acceptors (Lipinski definition) is 4. The summed E-state index contributed by atoms with van der Waals surface area (Å²) in [5, 5.41) is 12.1. The molecule has 2 aromatic rings. The van der Waals surface area contributed by atoms with Crippen molar-refractivity contribution in [1.29, 1.82) is 0 Å². The van der Waals surface area contributed by atoms with Crippen LogP contribution in [0.5, 0.6) is 11.5 Å². The Hall–Kier alpha value is -3.33. The van der Waals surface area contributed by atoms with Gasteiger partial charge in [0, 0.05) is 24.8 Å². The van der Waals surface area contributed by atoms with Crippen molar-refractivity contribution in [2.45, 2.75) is 31.5 Å². The Kier molecular flexibility index (Phi) is 6.89. The van der Waals surface area contributed by atoms with Crippen LogP contribution in [0.3, 0.4) is 0 Å². The van der Waals surface area contributed by atoms with Gasteiger partial charge in [0.2, 0.25) is 0 Å². The maximum Gasteiger partial charge on any atom is 0.430 e. The number of nitrogens with zero attached hydrogens (tertiary/aromatic N) is 1. The lowest BCUT2D eigenvalue weighted by Crippen LogP contribution is -2.67. The Morgan fingerprint density at radius 3 is 2.43 bits per heavy atom. The molecule has 0 saturated carbocycles. The number of hydrogen-bond donors (Lipinski definition) is 1. The number of piperidine rings is 3. The normalized spacial score (nSPS) is 24.1. The third kappa shape index (κ3) is 5.35. The van der Waals surface area contributed by atoms with Crippen LogP contribution in [0, 0.1) is 5.92 Å². The average Bonchev–Trinajstić information content (AvgIpc) is 2.83. The molecule has 1 N–H and O–H groups in total. The number of aliphatic carboxylic acids is 1. The van der Waals surface area contributed by atoms with Crippen molar-refractivity contribution in [3.8, 4) is 11.5 Å². The number of alkyl halides is 3. The number of carbonyl (C=O) groups is 2. The molecule has 9 heteroatoms. The van der Waals surface area contributed by atoms with E-state index < -0.39 is 12.1 Å². The zero-order chi connectivity index (χ0) is 25.2. The van der Waals surface area contributed by atoms with E-state index in [1.165, 1.54) is 31.5 Å². The predicted octanol–water partition coefficient (Wildman–Crippen LogP) is 3.21. The molecule has 4 aliphatic rings. The summed E-state index contributed by atoms with van der Waals surface area (Å²) in [5.41, 5.74) is 2.90. The Bertz CT molecular complexity index is 1120. The molecule has 4 aliphatic heterocycles. The highest BCUT2D eigenvalue weighted by Gasteiger charge is 2.45. The summed E-state index contributed by atoms with van der Waals surface area (Å²) in [7, 11) is 0. The van der Waals surface area contributed by atoms with Crippen LogP contribution >= 0.6 is 0 Å². The van der Waals surface area contributed by atoms with Crippen molar-refractivity contribution in [2.24, 2.45) is 5.92 Å². The van der Waals surface area contributed by atoms with E-state index in [1.807, 2.05) is 36.4 Å². The fourth-order valence-electron chi connectivity index (χ4n) is 5.32. The minimum absolute atomic E-state index is 0.00765. The summed E-state index contributed by atoms with van der Waals surface area (Å²) in [5.74, 6) is -0.849. The minimum atomic E-state index is -5.19. The Balaban J connectivity index is 0.000000364. The standard InChI is InChI=1S/C24H26N2O2.C2HF3O2/c1-2-12-26-13-10-17(11-14-26)21(16-26)25-24(27)20-8-5-7-19-15-18-6-3-4-9-22(18)28-23(19)20;3-2(4,5)1(6)7/h2-9,17,21H,1,10-16H2;(H,6,7)/t17?,21-,26?;/m1./s1. The topological polar surface area (TPSA) is 78.5 Å². The molecule has 0 unspecified atom stereocenters. The second kappa shape index (κ2) is 9.73. The van der Waals surface area contributed by atoms with Crippen molar-refractivity contribution < 1.29 is 37.1 Å². The van der Waals surface area contributed by atoms with Gasteiger partial charge in [-0.1, -0.05) is 36.9 Å².